The van der Waals surface area contributed by atoms with Crippen molar-refractivity contribution in [3.8, 4) is 0 Å². The molecule has 2 aromatic rings. The molecule has 0 bridgehead atoms. The second-order valence-corrected chi connectivity index (χ2v) is 7.72. The summed E-state index contributed by atoms with van der Waals surface area (Å²) in [5.74, 6) is 1.11. The highest BCUT2D eigenvalue weighted by molar-refractivity contribution is 6.42. The maximum Gasteiger partial charge on any atom is 0.108 e. The molecule has 0 radical (unpaired) electrons. The zero-order valence-electron chi connectivity index (χ0n) is 14.0. The summed E-state index contributed by atoms with van der Waals surface area (Å²) in [5.41, 5.74) is 3.75. The van der Waals surface area contributed by atoms with Crippen molar-refractivity contribution in [2.75, 3.05) is 18.4 Å². The maximum absolute atomic E-state index is 6.14. The zero-order chi connectivity index (χ0) is 17.3. The third-order valence-electron chi connectivity index (χ3n) is 5.27. The second kappa shape index (κ2) is 6.99. The van der Waals surface area contributed by atoms with Crippen LogP contribution in [0.5, 0.6) is 0 Å². The molecule has 1 fully saturated rings. The van der Waals surface area contributed by atoms with Crippen molar-refractivity contribution in [1.29, 1.82) is 0 Å². The van der Waals surface area contributed by atoms with Gasteiger partial charge in [-0.05, 0) is 61.7 Å². The predicted molar refractivity (Wildman–Crippen MR) is 106 cm³/mol. The number of aliphatic imine (C=N–C) groups is 1. The Morgan fingerprint density at radius 2 is 1.80 bits per heavy atom. The van der Waals surface area contributed by atoms with E-state index in [1.807, 2.05) is 18.2 Å². The molecule has 0 atom stereocenters. The summed E-state index contributed by atoms with van der Waals surface area (Å²) >= 11 is 12.2. The van der Waals surface area contributed by atoms with E-state index in [0.717, 1.165) is 43.8 Å². The first-order valence-corrected chi connectivity index (χ1v) is 9.46. The third-order valence-corrected chi connectivity index (χ3v) is 6.01. The molecule has 4 rings (SSSR count). The largest absolute Gasteiger partial charge is 0.343 e. The lowest BCUT2D eigenvalue weighted by atomic mass is 9.71. The number of benzene rings is 2. The van der Waals surface area contributed by atoms with Crippen LogP contribution in [0.3, 0.4) is 0 Å². The summed E-state index contributed by atoms with van der Waals surface area (Å²) in [6, 6.07) is 14.3. The number of fused-ring (bicyclic) bond motifs is 1. The van der Waals surface area contributed by atoms with E-state index in [1.54, 1.807) is 0 Å². The van der Waals surface area contributed by atoms with E-state index in [1.165, 1.54) is 11.3 Å². The Balaban J connectivity index is 1.66. The van der Waals surface area contributed by atoms with Crippen molar-refractivity contribution in [1.82, 2.24) is 5.32 Å². The number of nitrogens with one attached hydrogen (secondary N) is 2. The number of halogens is 2. The van der Waals surface area contributed by atoms with Crippen molar-refractivity contribution < 1.29 is 0 Å². The molecule has 2 aliphatic heterocycles. The Morgan fingerprint density at radius 3 is 2.60 bits per heavy atom. The lowest BCUT2D eigenvalue weighted by Gasteiger charge is -2.42. The van der Waals surface area contributed by atoms with Gasteiger partial charge in [-0.3, -0.25) is 4.99 Å². The van der Waals surface area contributed by atoms with E-state index in [9.17, 15) is 0 Å². The van der Waals surface area contributed by atoms with Gasteiger partial charge in [0.2, 0.25) is 0 Å². The van der Waals surface area contributed by atoms with Crippen LogP contribution in [0.15, 0.2) is 47.5 Å². The van der Waals surface area contributed by atoms with Crippen LogP contribution in [0.2, 0.25) is 10.0 Å². The molecule has 0 saturated carbocycles. The Bertz CT molecular complexity index is 810. The van der Waals surface area contributed by atoms with Crippen LogP contribution in [0.25, 0.3) is 0 Å². The first-order valence-electron chi connectivity index (χ1n) is 8.71. The van der Waals surface area contributed by atoms with Gasteiger partial charge in [0.25, 0.3) is 0 Å². The van der Waals surface area contributed by atoms with Crippen molar-refractivity contribution in [3.63, 3.8) is 0 Å². The zero-order valence-corrected chi connectivity index (χ0v) is 15.5. The van der Waals surface area contributed by atoms with E-state index >= 15 is 0 Å². The molecule has 2 aromatic carbocycles. The molecule has 130 valence electrons. The average Bonchev–Trinajstić information content (AvgIpc) is 2.63. The highest BCUT2D eigenvalue weighted by Gasteiger charge is 2.40. The van der Waals surface area contributed by atoms with Crippen LogP contribution in [0.4, 0.5) is 5.69 Å². The number of para-hydroxylation sites is 1. The molecule has 1 saturated heterocycles. The minimum atomic E-state index is 0.107. The van der Waals surface area contributed by atoms with Crippen LogP contribution in [0, 0.1) is 5.41 Å². The average molecular weight is 374 g/mol. The fourth-order valence-corrected chi connectivity index (χ4v) is 4.16. The van der Waals surface area contributed by atoms with Gasteiger partial charge in [-0.25, -0.2) is 0 Å². The normalized spacial score (nSPS) is 20.3. The summed E-state index contributed by atoms with van der Waals surface area (Å²) in [6.45, 7) is 2.68. The Kier molecular flexibility index (Phi) is 4.72. The van der Waals surface area contributed by atoms with Crippen LogP contribution >= 0.6 is 23.2 Å². The molecule has 2 heterocycles. The molecular weight excluding hydrogens is 353 g/mol. The van der Waals surface area contributed by atoms with Gasteiger partial charge in [-0.1, -0.05) is 47.5 Å². The molecule has 2 N–H and O–H groups in total. The lowest BCUT2D eigenvalue weighted by molar-refractivity contribution is 0.293. The number of rotatable bonds is 2. The molecule has 3 nitrogen and oxygen atoms in total. The highest BCUT2D eigenvalue weighted by atomic mass is 35.5. The van der Waals surface area contributed by atoms with E-state index in [0.29, 0.717) is 16.6 Å². The van der Waals surface area contributed by atoms with Crippen LogP contribution in [-0.2, 0) is 13.0 Å². The molecule has 0 amide bonds. The van der Waals surface area contributed by atoms with Crippen LogP contribution in [-0.4, -0.2) is 18.9 Å². The topological polar surface area (TPSA) is 36.4 Å². The van der Waals surface area contributed by atoms with Gasteiger partial charge in [-0.15, -0.1) is 0 Å². The smallest absolute Gasteiger partial charge is 0.108 e. The summed E-state index contributed by atoms with van der Waals surface area (Å²) in [4.78, 5) is 4.98. The van der Waals surface area contributed by atoms with Gasteiger partial charge < -0.3 is 10.6 Å². The molecular formula is C20H21Cl2N3. The Hall–Kier alpha value is -1.55. The van der Waals surface area contributed by atoms with E-state index < -0.39 is 0 Å². The first kappa shape index (κ1) is 16.9. The SMILES string of the molecule is Clc1ccc(CN=C2Nc3ccccc3CC23CCNCC3)cc1Cl. The molecule has 25 heavy (non-hydrogen) atoms. The number of amidine groups is 1. The van der Waals surface area contributed by atoms with Gasteiger partial charge >= 0.3 is 0 Å². The summed E-state index contributed by atoms with van der Waals surface area (Å²) in [6.07, 6.45) is 3.27. The quantitative estimate of drug-likeness (QED) is 0.782. The number of nitrogens with zero attached hydrogens (tertiary/aromatic N) is 1. The predicted octanol–water partition coefficient (Wildman–Crippen LogP) is 4.93. The number of anilines is 1. The maximum atomic E-state index is 6.14. The first-order chi connectivity index (χ1) is 12.2. The summed E-state index contributed by atoms with van der Waals surface area (Å²) < 4.78 is 0. The van der Waals surface area contributed by atoms with Crippen molar-refractivity contribution in [2.45, 2.75) is 25.8 Å². The number of hydrogen-bond donors (Lipinski definition) is 2. The minimum absolute atomic E-state index is 0.107. The third kappa shape index (κ3) is 3.41. The number of piperidine rings is 1. The van der Waals surface area contributed by atoms with Gasteiger partial charge in [0, 0.05) is 11.1 Å². The fraction of sp³-hybridized carbons (Fsp3) is 0.350. The van der Waals surface area contributed by atoms with Gasteiger partial charge in [0.1, 0.15) is 5.84 Å². The van der Waals surface area contributed by atoms with E-state index in [2.05, 4.69) is 34.9 Å². The molecule has 2 aliphatic rings. The summed E-state index contributed by atoms with van der Waals surface area (Å²) in [5, 5.41) is 8.25. The van der Waals surface area contributed by atoms with E-state index in [4.69, 9.17) is 28.2 Å². The second-order valence-electron chi connectivity index (χ2n) is 6.90. The van der Waals surface area contributed by atoms with Crippen molar-refractivity contribution >= 4 is 34.7 Å². The number of hydrogen-bond acceptors (Lipinski definition) is 2. The van der Waals surface area contributed by atoms with Gasteiger partial charge in [0.15, 0.2) is 0 Å². The standard InChI is InChI=1S/C20H21Cl2N3/c21-16-6-5-14(11-17(16)22)13-24-19-20(7-9-23-10-8-20)12-15-3-1-2-4-18(15)25-19/h1-6,11,23H,7-10,12-13H2,(H,24,25). The molecule has 0 unspecified atom stereocenters. The monoisotopic (exact) mass is 373 g/mol. The molecule has 0 aliphatic carbocycles. The minimum Gasteiger partial charge on any atom is -0.343 e. The van der Waals surface area contributed by atoms with Crippen LogP contribution < -0.4 is 10.6 Å². The fourth-order valence-electron chi connectivity index (χ4n) is 3.84. The van der Waals surface area contributed by atoms with Crippen LogP contribution in [0.1, 0.15) is 24.0 Å². The van der Waals surface area contributed by atoms with Crippen molar-refractivity contribution in [2.24, 2.45) is 10.4 Å². The summed E-state index contributed by atoms with van der Waals surface area (Å²) in [7, 11) is 0. The Labute approximate surface area is 158 Å². The Morgan fingerprint density at radius 1 is 1.00 bits per heavy atom. The highest BCUT2D eigenvalue weighted by Crippen LogP contribution is 2.41. The van der Waals surface area contributed by atoms with Gasteiger partial charge in [-0.2, -0.15) is 0 Å². The molecule has 0 aromatic heterocycles. The van der Waals surface area contributed by atoms with Crippen molar-refractivity contribution in [3.05, 3.63) is 63.6 Å². The molecule has 1 spiro atoms. The van der Waals surface area contributed by atoms with Gasteiger partial charge in [0.05, 0.1) is 16.6 Å². The van der Waals surface area contributed by atoms with E-state index in [-0.39, 0.29) is 5.41 Å². The lowest BCUT2D eigenvalue weighted by Crippen LogP contribution is -2.48. The molecule has 5 heteroatoms.